The van der Waals surface area contributed by atoms with Crippen LogP contribution in [0.1, 0.15) is 48.9 Å². The minimum Gasteiger partial charge on any atom is -0.434 e. The fourth-order valence-electron chi connectivity index (χ4n) is 5.21. The van der Waals surface area contributed by atoms with Crippen molar-refractivity contribution in [2.24, 2.45) is 5.92 Å². The lowest BCUT2D eigenvalue weighted by molar-refractivity contribution is -0.139. The number of hydrogen-bond donors (Lipinski definition) is 0. The van der Waals surface area contributed by atoms with Gasteiger partial charge < -0.3 is 14.5 Å². The predicted molar refractivity (Wildman–Crippen MR) is 112 cm³/mol. The van der Waals surface area contributed by atoms with Crippen molar-refractivity contribution < 1.29 is 23.1 Å². The molecule has 2 amide bonds. The molecule has 0 bridgehead atoms. The van der Waals surface area contributed by atoms with Crippen LogP contribution < -0.4 is 4.74 Å². The second-order valence-electron chi connectivity index (χ2n) is 8.76. The third-order valence-corrected chi connectivity index (χ3v) is 6.86. The molecule has 4 rings (SSSR count). The van der Waals surface area contributed by atoms with Gasteiger partial charge in [0.1, 0.15) is 5.75 Å². The number of hydrogen-bond acceptors (Lipinski definition) is 4. The van der Waals surface area contributed by atoms with Crippen molar-refractivity contribution in [1.82, 2.24) is 14.7 Å². The second-order valence-corrected chi connectivity index (χ2v) is 8.76. The number of carbonyl (C=O) groups is 2. The third-order valence-electron chi connectivity index (χ3n) is 6.86. The number of alkyl halides is 2. The van der Waals surface area contributed by atoms with E-state index in [2.05, 4.69) is 9.64 Å². The van der Waals surface area contributed by atoms with Crippen LogP contribution in [0.15, 0.2) is 24.3 Å². The van der Waals surface area contributed by atoms with Crippen molar-refractivity contribution in [3.05, 3.63) is 29.8 Å². The van der Waals surface area contributed by atoms with E-state index in [9.17, 15) is 18.4 Å². The van der Waals surface area contributed by atoms with E-state index < -0.39 is 6.61 Å². The molecule has 31 heavy (non-hydrogen) atoms. The molecule has 1 saturated carbocycles. The molecular weight excluding hydrogens is 404 g/mol. The van der Waals surface area contributed by atoms with Crippen molar-refractivity contribution in [1.29, 1.82) is 0 Å². The smallest absolute Gasteiger partial charge is 0.387 e. The first-order valence-corrected chi connectivity index (χ1v) is 11.4. The van der Waals surface area contributed by atoms with Gasteiger partial charge in [0, 0.05) is 45.3 Å². The van der Waals surface area contributed by atoms with Crippen LogP contribution in [0, 0.1) is 5.92 Å². The maximum atomic E-state index is 13.1. The van der Waals surface area contributed by atoms with E-state index in [1.807, 2.05) is 4.90 Å². The molecule has 1 atom stereocenters. The Morgan fingerprint density at radius 1 is 0.903 bits per heavy atom. The number of piperidine rings is 1. The van der Waals surface area contributed by atoms with E-state index in [0.717, 1.165) is 39.0 Å². The summed E-state index contributed by atoms with van der Waals surface area (Å²) in [5.41, 5.74) is 0.112. The number of benzene rings is 1. The molecule has 0 aromatic heterocycles. The zero-order valence-corrected chi connectivity index (χ0v) is 17.8. The summed E-state index contributed by atoms with van der Waals surface area (Å²) in [5, 5.41) is 0. The zero-order valence-electron chi connectivity index (χ0n) is 17.8. The summed E-state index contributed by atoms with van der Waals surface area (Å²) >= 11 is 0. The summed E-state index contributed by atoms with van der Waals surface area (Å²) < 4.78 is 29.9. The lowest BCUT2D eigenvalue weighted by atomic mass is 9.95. The molecule has 0 N–H and O–H groups in total. The molecule has 0 spiro atoms. The van der Waals surface area contributed by atoms with Crippen LogP contribution in [0.2, 0.25) is 0 Å². The van der Waals surface area contributed by atoms with Crippen LogP contribution in [-0.2, 0) is 4.79 Å². The number of nitrogens with zero attached hydrogens (tertiary/aromatic N) is 3. The fourth-order valence-corrected chi connectivity index (χ4v) is 5.21. The average molecular weight is 436 g/mol. The van der Waals surface area contributed by atoms with Gasteiger partial charge in [-0.2, -0.15) is 8.78 Å². The molecule has 3 fully saturated rings. The minimum atomic E-state index is -2.99. The third kappa shape index (κ3) is 5.17. The first-order chi connectivity index (χ1) is 15.0. The molecule has 8 heteroatoms. The van der Waals surface area contributed by atoms with Gasteiger partial charge in [0.2, 0.25) is 5.91 Å². The van der Waals surface area contributed by atoms with Crippen LogP contribution in [0.5, 0.6) is 5.75 Å². The summed E-state index contributed by atoms with van der Waals surface area (Å²) in [4.78, 5) is 32.2. The number of halogens is 2. The monoisotopic (exact) mass is 435 g/mol. The highest BCUT2D eigenvalue weighted by Crippen LogP contribution is 2.27. The number of ether oxygens (including phenoxy) is 1. The number of rotatable bonds is 5. The highest BCUT2D eigenvalue weighted by Gasteiger charge is 2.34. The summed E-state index contributed by atoms with van der Waals surface area (Å²) in [5.74, 6) is -0.613. The fraction of sp³-hybridized carbons (Fsp3) is 0.652. The highest BCUT2D eigenvalue weighted by molar-refractivity contribution is 5.97. The van der Waals surface area contributed by atoms with E-state index in [-0.39, 0.29) is 29.0 Å². The average Bonchev–Trinajstić information content (AvgIpc) is 3.33. The van der Waals surface area contributed by atoms with Crippen molar-refractivity contribution in [3.8, 4) is 5.75 Å². The molecule has 2 saturated heterocycles. The van der Waals surface area contributed by atoms with Gasteiger partial charge in [0.05, 0.1) is 11.5 Å². The van der Waals surface area contributed by atoms with Crippen LogP contribution in [-0.4, -0.2) is 78.4 Å². The second kappa shape index (κ2) is 9.94. The molecule has 0 radical (unpaired) electrons. The maximum absolute atomic E-state index is 13.1. The summed E-state index contributed by atoms with van der Waals surface area (Å²) in [6.07, 6.45) is 6.62. The first kappa shape index (κ1) is 22.0. The number of amides is 2. The van der Waals surface area contributed by atoms with Crippen molar-refractivity contribution >= 4 is 11.8 Å². The lowest BCUT2D eigenvalue weighted by Crippen LogP contribution is -2.54. The quantitative estimate of drug-likeness (QED) is 0.713. The van der Waals surface area contributed by atoms with E-state index >= 15 is 0 Å². The summed E-state index contributed by atoms with van der Waals surface area (Å²) in [6.45, 7) is 1.17. The Bertz CT molecular complexity index is 777. The number of piperazine rings is 1. The summed E-state index contributed by atoms with van der Waals surface area (Å²) in [6, 6.07) is 6.73. The molecule has 1 aromatic rings. The van der Waals surface area contributed by atoms with Gasteiger partial charge in [-0.15, -0.1) is 0 Å². The van der Waals surface area contributed by atoms with Crippen molar-refractivity contribution in [3.63, 3.8) is 0 Å². The molecule has 3 aliphatic rings. The Hall–Kier alpha value is -2.22. The largest absolute Gasteiger partial charge is 0.434 e. The topological polar surface area (TPSA) is 53.1 Å². The van der Waals surface area contributed by atoms with Gasteiger partial charge in [0.25, 0.3) is 5.91 Å². The Morgan fingerprint density at radius 3 is 2.32 bits per heavy atom. The van der Waals surface area contributed by atoms with Crippen LogP contribution in [0.25, 0.3) is 0 Å². The van der Waals surface area contributed by atoms with Crippen molar-refractivity contribution in [2.75, 3.05) is 39.3 Å². The Balaban J connectivity index is 1.35. The molecular formula is C23H31F2N3O3. The summed E-state index contributed by atoms with van der Waals surface area (Å²) in [7, 11) is 0. The van der Waals surface area contributed by atoms with Gasteiger partial charge in [0.15, 0.2) is 0 Å². The van der Waals surface area contributed by atoms with Gasteiger partial charge in [-0.25, -0.2) is 0 Å². The highest BCUT2D eigenvalue weighted by atomic mass is 19.3. The number of para-hydroxylation sites is 1. The molecule has 170 valence electrons. The van der Waals surface area contributed by atoms with Gasteiger partial charge in [-0.3, -0.25) is 14.5 Å². The van der Waals surface area contributed by atoms with E-state index in [0.29, 0.717) is 19.1 Å². The standard InChI is InChI=1S/C23H31F2N3O3/c24-23(25)31-20-10-4-3-9-19(20)22(30)28-11-5-6-17(16-28)21(29)27-14-12-26(13-15-27)18-7-1-2-8-18/h3-4,9-10,17-18,23H,1-2,5-8,11-16H2. The lowest BCUT2D eigenvalue weighted by Gasteiger charge is -2.40. The maximum Gasteiger partial charge on any atom is 0.387 e. The SMILES string of the molecule is O=C(c1ccccc1OC(F)F)N1CCCC(C(=O)N2CCN(C3CCCC3)CC2)C1. The Morgan fingerprint density at radius 2 is 1.61 bits per heavy atom. The van der Waals surface area contributed by atoms with Crippen LogP contribution >= 0.6 is 0 Å². The van der Waals surface area contributed by atoms with Gasteiger partial charge in [-0.05, 0) is 37.8 Å². The van der Waals surface area contributed by atoms with Gasteiger partial charge >= 0.3 is 6.61 Å². The molecule has 2 heterocycles. The van der Waals surface area contributed by atoms with E-state index in [1.165, 1.54) is 37.8 Å². The zero-order chi connectivity index (χ0) is 21.8. The molecule has 2 aliphatic heterocycles. The molecule has 1 aliphatic carbocycles. The normalized spacial score (nSPS) is 23.4. The minimum absolute atomic E-state index is 0.112. The number of carbonyl (C=O) groups excluding carboxylic acids is 2. The number of likely N-dealkylation sites (tertiary alicyclic amines) is 1. The van der Waals surface area contributed by atoms with Crippen molar-refractivity contribution in [2.45, 2.75) is 51.2 Å². The van der Waals surface area contributed by atoms with Crippen LogP contribution in [0.3, 0.4) is 0 Å². The van der Waals surface area contributed by atoms with E-state index in [4.69, 9.17) is 0 Å². The predicted octanol–water partition coefficient (Wildman–Crippen LogP) is 3.23. The van der Waals surface area contributed by atoms with E-state index in [1.54, 1.807) is 17.0 Å². The first-order valence-electron chi connectivity index (χ1n) is 11.4. The van der Waals surface area contributed by atoms with Crippen LogP contribution in [0.4, 0.5) is 8.78 Å². The molecule has 1 aromatic carbocycles. The Labute approximate surface area is 182 Å². The molecule has 6 nitrogen and oxygen atoms in total. The molecule has 1 unspecified atom stereocenters. The Kier molecular flexibility index (Phi) is 7.05. The van der Waals surface area contributed by atoms with Gasteiger partial charge in [-0.1, -0.05) is 25.0 Å².